The Morgan fingerprint density at radius 3 is 2.14 bits per heavy atom. The predicted octanol–water partition coefficient (Wildman–Crippen LogP) is 1.36. The third-order valence-electron chi connectivity index (χ3n) is 0.940. The molecule has 7 heavy (non-hydrogen) atoms. The molecule has 0 nitrogen and oxygen atoms in total. The third kappa shape index (κ3) is 0.721. The Morgan fingerprint density at radius 2 is 1.86 bits per heavy atom. The van der Waals surface area contributed by atoms with Crippen molar-refractivity contribution in [1.29, 1.82) is 0 Å². The van der Waals surface area contributed by atoms with Gasteiger partial charge in [-0.05, 0) is 0 Å². The number of rotatable bonds is 0. The molecule has 0 heterocycles. The molecule has 0 atom stereocenters. The molecule has 34 valence electrons. The lowest BCUT2D eigenvalue weighted by molar-refractivity contribution is 1.15. The van der Waals surface area contributed by atoms with E-state index in [1.807, 2.05) is 24.3 Å². The highest BCUT2D eigenvalue weighted by Crippen LogP contribution is 2.05. The molecule has 0 radical (unpaired) electrons. The second-order valence-electron chi connectivity index (χ2n) is 1.46. The minimum Gasteiger partial charge on any atom is -0.119 e. The van der Waals surface area contributed by atoms with E-state index in [0.29, 0.717) is 0 Å². The van der Waals surface area contributed by atoms with Crippen LogP contribution in [0.1, 0.15) is 0 Å². The van der Waals surface area contributed by atoms with Crippen LogP contribution in [0.4, 0.5) is 0 Å². The van der Waals surface area contributed by atoms with Gasteiger partial charge >= 0.3 is 0 Å². The Morgan fingerprint density at radius 1 is 1.29 bits per heavy atom. The van der Waals surface area contributed by atoms with Crippen LogP contribution in [-0.4, -0.2) is 0 Å². The summed E-state index contributed by atoms with van der Waals surface area (Å²) in [5, 5.41) is 0. The molecule has 0 spiro atoms. The normalized spacial score (nSPS) is 17.6. The van der Waals surface area contributed by atoms with E-state index in [4.69, 9.17) is 6.42 Å². The zero-order valence-corrected chi connectivity index (χ0v) is 3.96. The van der Waals surface area contributed by atoms with E-state index < -0.39 is 0 Å². The highest BCUT2D eigenvalue weighted by molar-refractivity contribution is 5.25. The molecular weight excluding hydrogens is 84.1 g/mol. The Labute approximate surface area is 43.5 Å². The fourth-order valence-corrected chi connectivity index (χ4v) is 0.543. The molecule has 0 aromatic rings. The first-order chi connectivity index (χ1) is 3.43. The van der Waals surface area contributed by atoms with Crippen LogP contribution in [0.15, 0.2) is 24.3 Å². The average molecular weight is 90.1 g/mol. The summed E-state index contributed by atoms with van der Waals surface area (Å²) in [5.41, 5.74) is 0. The summed E-state index contributed by atoms with van der Waals surface area (Å²) in [4.78, 5) is 0. The van der Waals surface area contributed by atoms with Crippen LogP contribution in [0.3, 0.4) is 0 Å². The number of hydrogen-bond acceptors (Lipinski definition) is 0. The third-order valence-corrected chi connectivity index (χ3v) is 0.940. The highest BCUT2D eigenvalue weighted by atomic mass is 14.0. The summed E-state index contributed by atoms with van der Waals surface area (Å²) in [5.74, 6) is 2.85. The zero-order valence-electron chi connectivity index (χ0n) is 3.96. The first-order valence-electron chi connectivity index (χ1n) is 2.24. The molecule has 0 amide bonds. The van der Waals surface area contributed by atoms with Gasteiger partial charge in [0.2, 0.25) is 0 Å². The van der Waals surface area contributed by atoms with E-state index in [1.165, 1.54) is 0 Å². The quantitative estimate of drug-likeness (QED) is 0.394. The molecule has 0 saturated heterocycles. The number of allylic oxidation sites excluding steroid dienone is 4. The SMILES string of the molecule is C#CC1C=CC=C1. The van der Waals surface area contributed by atoms with Crippen LogP contribution < -0.4 is 0 Å². The van der Waals surface area contributed by atoms with Gasteiger partial charge in [-0.25, -0.2) is 0 Å². The highest BCUT2D eigenvalue weighted by Gasteiger charge is 1.93. The van der Waals surface area contributed by atoms with Crippen LogP contribution in [0.5, 0.6) is 0 Å². The van der Waals surface area contributed by atoms with Crippen molar-refractivity contribution < 1.29 is 0 Å². The lowest BCUT2D eigenvalue weighted by Crippen LogP contribution is -1.77. The molecule has 0 aromatic carbocycles. The monoisotopic (exact) mass is 90.0 g/mol. The summed E-state index contributed by atoms with van der Waals surface area (Å²) in [6, 6.07) is 0. The maximum absolute atomic E-state index is 5.08. The molecule has 0 fully saturated rings. The van der Waals surface area contributed by atoms with Gasteiger partial charge in [-0.1, -0.05) is 30.2 Å². The Hall–Kier alpha value is -0.960. The van der Waals surface area contributed by atoms with Gasteiger partial charge in [-0.3, -0.25) is 0 Å². The van der Waals surface area contributed by atoms with Crippen LogP contribution in [-0.2, 0) is 0 Å². The lowest BCUT2D eigenvalue weighted by atomic mass is 10.2. The van der Waals surface area contributed by atoms with Crippen molar-refractivity contribution in [2.45, 2.75) is 0 Å². The topological polar surface area (TPSA) is 0 Å². The lowest BCUT2D eigenvalue weighted by Gasteiger charge is -1.84. The van der Waals surface area contributed by atoms with Gasteiger partial charge in [0.1, 0.15) is 0 Å². The van der Waals surface area contributed by atoms with Crippen LogP contribution in [0.2, 0.25) is 0 Å². The van der Waals surface area contributed by atoms with Gasteiger partial charge < -0.3 is 0 Å². The number of terminal acetylenes is 1. The van der Waals surface area contributed by atoms with Gasteiger partial charge in [0, 0.05) is 0 Å². The summed E-state index contributed by atoms with van der Waals surface area (Å²) in [6.07, 6.45) is 13.0. The average Bonchev–Trinajstić information content (AvgIpc) is 2.14. The molecule has 0 aliphatic heterocycles. The van der Waals surface area contributed by atoms with Crippen molar-refractivity contribution in [3.8, 4) is 12.3 Å². The Balaban J connectivity index is 2.65. The molecule has 1 aliphatic rings. The fourth-order valence-electron chi connectivity index (χ4n) is 0.543. The molecular formula is C7H6. The molecule has 0 N–H and O–H groups in total. The van der Waals surface area contributed by atoms with Crippen molar-refractivity contribution in [2.75, 3.05) is 0 Å². The van der Waals surface area contributed by atoms with Crippen LogP contribution in [0.25, 0.3) is 0 Å². The van der Waals surface area contributed by atoms with Crippen molar-refractivity contribution in [1.82, 2.24) is 0 Å². The molecule has 0 bridgehead atoms. The van der Waals surface area contributed by atoms with Gasteiger partial charge in [-0.2, -0.15) is 0 Å². The number of hydrogen-bond donors (Lipinski definition) is 0. The smallest absolute Gasteiger partial charge is 0.0566 e. The molecule has 0 heteroatoms. The van der Waals surface area contributed by atoms with Crippen molar-refractivity contribution in [3.05, 3.63) is 24.3 Å². The van der Waals surface area contributed by atoms with E-state index in [1.54, 1.807) is 0 Å². The largest absolute Gasteiger partial charge is 0.119 e. The van der Waals surface area contributed by atoms with Crippen LogP contribution in [0, 0.1) is 18.3 Å². The molecule has 0 unspecified atom stereocenters. The Kier molecular flexibility index (Phi) is 0.997. The molecule has 1 rings (SSSR count). The summed E-state index contributed by atoms with van der Waals surface area (Å²) in [6.45, 7) is 0. The molecule has 0 aromatic heterocycles. The minimum atomic E-state index is 0.264. The van der Waals surface area contributed by atoms with Gasteiger partial charge in [0.05, 0.1) is 5.92 Å². The maximum Gasteiger partial charge on any atom is 0.0566 e. The maximum atomic E-state index is 5.08. The fraction of sp³-hybridized carbons (Fsp3) is 0.143. The van der Waals surface area contributed by atoms with E-state index in [-0.39, 0.29) is 5.92 Å². The zero-order chi connectivity index (χ0) is 5.11. The van der Waals surface area contributed by atoms with Crippen molar-refractivity contribution in [2.24, 2.45) is 5.92 Å². The van der Waals surface area contributed by atoms with Gasteiger partial charge in [-0.15, -0.1) is 6.42 Å². The van der Waals surface area contributed by atoms with Crippen molar-refractivity contribution in [3.63, 3.8) is 0 Å². The first kappa shape index (κ1) is 4.21. The summed E-state index contributed by atoms with van der Waals surface area (Å²) < 4.78 is 0. The van der Waals surface area contributed by atoms with E-state index >= 15 is 0 Å². The first-order valence-corrected chi connectivity index (χ1v) is 2.24. The standard InChI is InChI=1S/C7H6/c1-2-7-5-3-4-6-7/h1,3-7H. The minimum absolute atomic E-state index is 0.264. The van der Waals surface area contributed by atoms with E-state index in [2.05, 4.69) is 5.92 Å². The van der Waals surface area contributed by atoms with E-state index in [9.17, 15) is 0 Å². The predicted molar refractivity (Wildman–Crippen MR) is 30.6 cm³/mol. The Bertz CT molecular complexity index is 132. The van der Waals surface area contributed by atoms with Crippen LogP contribution >= 0.6 is 0 Å². The molecule has 0 saturated carbocycles. The van der Waals surface area contributed by atoms with Gasteiger partial charge in [0.15, 0.2) is 0 Å². The van der Waals surface area contributed by atoms with Gasteiger partial charge in [0.25, 0.3) is 0 Å². The summed E-state index contributed by atoms with van der Waals surface area (Å²) >= 11 is 0. The second kappa shape index (κ2) is 1.66. The van der Waals surface area contributed by atoms with E-state index in [0.717, 1.165) is 0 Å². The molecule has 1 aliphatic carbocycles. The summed E-state index contributed by atoms with van der Waals surface area (Å²) in [7, 11) is 0. The second-order valence-corrected chi connectivity index (χ2v) is 1.46. The van der Waals surface area contributed by atoms with Crippen molar-refractivity contribution >= 4 is 0 Å².